The number of carbonyl (C=O) groups is 1. The van der Waals surface area contributed by atoms with E-state index >= 15 is 0 Å². The van der Waals surface area contributed by atoms with Crippen molar-refractivity contribution in [2.24, 2.45) is 11.3 Å². The summed E-state index contributed by atoms with van der Waals surface area (Å²) in [5, 5.41) is 11.9. The highest BCUT2D eigenvalue weighted by atomic mass is 79.9. The van der Waals surface area contributed by atoms with Gasteiger partial charge in [0.05, 0.1) is 15.7 Å². The molecule has 0 saturated carbocycles. The van der Waals surface area contributed by atoms with Crippen molar-refractivity contribution in [3.8, 4) is 0 Å². The van der Waals surface area contributed by atoms with Gasteiger partial charge < -0.3 is 10.4 Å². The van der Waals surface area contributed by atoms with E-state index in [4.69, 9.17) is 5.11 Å². The van der Waals surface area contributed by atoms with Crippen LogP contribution in [0.3, 0.4) is 0 Å². The zero-order chi connectivity index (χ0) is 14.8. The second kappa shape index (κ2) is 5.90. The van der Waals surface area contributed by atoms with Crippen molar-refractivity contribution in [1.29, 1.82) is 0 Å². The Morgan fingerprint density at radius 3 is 2.53 bits per heavy atom. The molecular formula is C14H19BrFNO2. The maximum Gasteiger partial charge on any atom is 0.336 e. The van der Waals surface area contributed by atoms with E-state index in [0.717, 1.165) is 0 Å². The van der Waals surface area contributed by atoms with Crippen LogP contribution in [0.25, 0.3) is 0 Å². The summed E-state index contributed by atoms with van der Waals surface area (Å²) >= 11 is 2.99. The van der Waals surface area contributed by atoms with E-state index < -0.39 is 11.8 Å². The lowest BCUT2D eigenvalue weighted by Crippen LogP contribution is -2.28. The van der Waals surface area contributed by atoms with Crippen LogP contribution in [0.5, 0.6) is 0 Å². The lowest BCUT2D eigenvalue weighted by molar-refractivity contribution is 0.0695. The molecule has 106 valence electrons. The van der Waals surface area contributed by atoms with Crippen molar-refractivity contribution in [2.45, 2.75) is 27.7 Å². The summed E-state index contributed by atoms with van der Waals surface area (Å²) in [6, 6.07) is 2.85. The fraction of sp³-hybridized carbons (Fsp3) is 0.500. The molecule has 5 heteroatoms. The van der Waals surface area contributed by atoms with E-state index in [2.05, 4.69) is 48.9 Å². The molecule has 0 atom stereocenters. The monoisotopic (exact) mass is 331 g/mol. The lowest BCUT2D eigenvalue weighted by Gasteiger charge is -2.30. The topological polar surface area (TPSA) is 49.3 Å². The first-order valence-electron chi connectivity index (χ1n) is 6.12. The molecule has 0 aliphatic carbocycles. The zero-order valence-electron chi connectivity index (χ0n) is 11.6. The van der Waals surface area contributed by atoms with E-state index in [1.807, 2.05) is 0 Å². The van der Waals surface area contributed by atoms with Crippen LogP contribution in [-0.2, 0) is 0 Å². The number of carboxylic acid groups (broad SMARTS) is 1. The lowest BCUT2D eigenvalue weighted by atomic mass is 9.81. The van der Waals surface area contributed by atoms with Crippen molar-refractivity contribution in [2.75, 3.05) is 11.9 Å². The summed E-state index contributed by atoms with van der Waals surface area (Å²) in [4.78, 5) is 10.9. The summed E-state index contributed by atoms with van der Waals surface area (Å²) in [5.74, 6) is -1.27. The third kappa shape index (κ3) is 3.69. The molecule has 0 heterocycles. The molecule has 0 unspecified atom stereocenters. The fourth-order valence-electron chi connectivity index (χ4n) is 1.38. The molecule has 3 nitrogen and oxygen atoms in total. The van der Waals surface area contributed by atoms with Crippen LogP contribution in [0.4, 0.5) is 10.1 Å². The van der Waals surface area contributed by atoms with Gasteiger partial charge in [0.1, 0.15) is 0 Å². The number of hydrogen-bond donors (Lipinski definition) is 2. The van der Waals surface area contributed by atoms with E-state index in [1.54, 1.807) is 0 Å². The first kappa shape index (κ1) is 16.0. The summed E-state index contributed by atoms with van der Waals surface area (Å²) in [6.45, 7) is 9.04. The number of benzene rings is 1. The second-order valence-electron chi connectivity index (χ2n) is 5.59. The van der Waals surface area contributed by atoms with Crippen molar-refractivity contribution in [1.82, 2.24) is 0 Å². The van der Waals surface area contributed by atoms with Crippen LogP contribution < -0.4 is 5.32 Å². The van der Waals surface area contributed by atoms with Crippen LogP contribution in [-0.4, -0.2) is 17.6 Å². The summed E-state index contributed by atoms with van der Waals surface area (Å²) < 4.78 is 14.0. The van der Waals surface area contributed by atoms with Gasteiger partial charge in [-0.05, 0) is 39.4 Å². The first-order chi connectivity index (χ1) is 8.66. The Morgan fingerprint density at radius 1 is 1.47 bits per heavy atom. The van der Waals surface area contributed by atoms with Gasteiger partial charge in [0.15, 0.2) is 5.82 Å². The predicted molar refractivity (Wildman–Crippen MR) is 78.2 cm³/mol. The van der Waals surface area contributed by atoms with Crippen molar-refractivity contribution < 1.29 is 14.3 Å². The number of anilines is 1. The van der Waals surface area contributed by atoms with E-state index in [0.29, 0.717) is 18.2 Å². The van der Waals surface area contributed by atoms with E-state index in [9.17, 15) is 9.18 Å². The third-order valence-corrected chi connectivity index (χ3v) is 4.39. The van der Waals surface area contributed by atoms with Gasteiger partial charge in [-0.3, -0.25) is 0 Å². The normalized spacial score (nSPS) is 11.7. The third-order valence-electron chi connectivity index (χ3n) is 3.61. The van der Waals surface area contributed by atoms with Crippen molar-refractivity contribution in [3.63, 3.8) is 0 Å². The van der Waals surface area contributed by atoms with Crippen molar-refractivity contribution in [3.05, 3.63) is 28.0 Å². The molecule has 0 bridgehead atoms. The number of halogens is 2. The quantitative estimate of drug-likeness (QED) is 0.841. The standard InChI is InChI=1S/C14H19BrFNO2/c1-8(2)14(3,4)7-17-10-6-5-9(13(18)19)11(15)12(10)16/h5-6,8,17H,7H2,1-4H3,(H,18,19). The summed E-state index contributed by atoms with van der Waals surface area (Å²) in [5.41, 5.74) is 0.251. The molecular weight excluding hydrogens is 313 g/mol. The minimum absolute atomic E-state index is 0.0182. The molecule has 1 aromatic rings. The molecule has 19 heavy (non-hydrogen) atoms. The Morgan fingerprint density at radius 2 is 2.05 bits per heavy atom. The average molecular weight is 332 g/mol. The van der Waals surface area contributed by atoms with E-state index in [-0.39, 0.29) is 15.5 Å². The number of nitrogens with one attached hydrogen (secondary N) is 1. The van der Waals surface area contributed by atoms with E-state index in [1.165, 1.54) is 12.1 Å². The molecule has 0 aliphatic heterocycles. The van der Waals surface area contributed by atoms with Gasteiger partial charge in [-0.2, -0.15) is 0 Å². The smallest absolute Gasteiger partial charge is 0.336 e. The van der Waals surface area contributed by atoms with Crippen LogP contribution in [0.1, 0.15) is 38.1 Å². The molecule has 0 radical (unpaired) electrons. The highest BCUT2D eigenvalue weighted by molar-refractivity contribution is 9.10. The van der Waals surface area contributed by atoms with Gasteiger partial charge in [0.2, 0.25) is 0 Å². The molecule has 0 fully saturated rings. The second-order valence-corrected chi connectivity index (χ2v) is 6.38. The minimum atomic E-state index is -1.15. The van der Waals surface area contributed by atoms with Gasteiger partial charge in [-0.25, -0.2) is 9.18 Å². The number of carboxylic acids is 1. The highest BCUT2D eigenvalue weighted by Gasteiger charge is 2.23. The molecule has 2 N–H and O–H groups in total. The predicted octanol–water partition coefficient (Wildman–Crippen LogP) is 4.38. The molecule has 1 aromatic carbocycles. The molecule has 1 rings (SSSR count). The Balaban J connectivity index is 2.93. The van der Waals surface area contributed by atoms with Crippen LogP contribution >= 0.6 is 15.9 Å². The summed E-state index contributed by atoms with van der Waals surface area (Å²) in [6.07, 6.45) is 0. The zero-order valence-corrected chi connectivity index (χ0v) is 13.1. The first-order valence-corrected chi connectivity index (χ1v) is 6.91. The van der Waals surface area contributed by atoms with Gasteiger partial charge in [0, 0.05) is 6.54 Å². The number of aromatic carboxylic acids is 1. The largest absolute Gasteiger partial charge is 0.478 e. The maximum atomic E-state index is 14.0. The van der Waals surface area contributed by atoms with Gasteiger partial charge in [0.25, 0.3) is 0 Å². The van der Waals surface area contributed by atoms with Gasteiger partial charge >= 0.3 is 5.97 Å². The molecule has 0 amide bonds. The molecule has 0 saturated heterocycles. The molecule has 0 aromatic heterocycles. The Bertz CT molecular complexity index is 487. The average Bonchev–Trinajstić information content (AvgIpc) is 2.30. The van der Waals surface area contributed by atoms with Crippen LogP contribution in [0.2, 0.25) is 0 Å². The maximum absolute atomic E-state index is 14.0. The Hall–Kier alpha value is -1.10. The van der Waals surface area contributed by atoms with Crippen molar-refractivity contribution >= 4 is 27.6 Å². The number of hydrogen-bond acceptors (Lipinski definition) is 2. The Labute approximate surface area is 121 Å². The fourth-order valence-corrected chi connectivity index (χ4v) is 1.89. The number of rotatable bonds is 5. The van der Waals surface area contributed by atoms with Gasteiger partial charge in [-0.15, -0.1) is 0 Å². The molecule has 0 aliphatic rings. The van der Waals surface area contributed by atoms with Gasteiger partial charge in [-0.1, -0.05) is 27.7 Å². The SMILES string of the molecule is CC(C)C(C)(C)CNc1ccc(C(=O)O)c(Br)c1F. The minimum Gasteiger partial charge on any atom is -0.478 e. The van der Waals surface area contributed by atoms with Crippen LogP contribution in [0.15, 0.2) is 16.6 Å². The highest BCUT2D eigenvalue weighted by Crippen LogP contribution is 2.30. The Kier molecular flexibility index (Phi) is 4.96. The van der Waals surface area contributed by atoms with Crippen LogP contribution in [0, 0.1) is 17.2 Å². The molecule has 0 spiro atoms. The summed E-state index contributed by atoms with van der Waals surface area (Å²) in [7, 11) is 0.